The Labute approximate surface area is 124 Å². The second-order valence-electron chi connectivity index (χ2n) is 4.15. The lowest BCUT2D eigenvalue weighted by molar-refractivity contribution is -0.132. The first kappa shape index (κ1) is 17.5. The summed E-state index contributed by atoms with van der Waals surface area (Å²) in [5, 5.41) is 5.39. The molecule has 4 nitrogen and oxygen atoms in total. The van der Waals surface area contributed by atoms with Gasteiger partial charge in [-0.1, -0.05) is 18.2 Å². The summed E-state index contributed by atoms with van der Waals surface area (Å²) in [5.74, 6) is 0.619. The van der Waals surface area contributed by atoms with E-state index in [1.807, 2.05) is 6.07 Å². The number of guanidine groups is 1. The first-order valence-corrected chi connectivity index (χ1v) is 7.69. The lowest BCUT2D eigenvalue weighted by Crippen LogP contribution is -2.40. The van der Waals surface area contributed by atoms with Gasteiger partial charge in [-0.25, -0.2) is 0 Å². The lowest BCUT2D eigenvalue weighted by atomic mass is 10.4. The highest BCUT2D eigenvalue weighted by molar-refractivity contribution is 7.85. The van der Waals surface area contributed by atoms with Crippen molar-refractivity contribution in [2.75, 3.05) is 25.9 Å². The van der Waals surface area contributed by atoms with Crippen molar-refractivity contribution in [1.82, 2.24) is 10.6 Å². The summed E-state index contributed by atoms with van der Waals surface area (Å²) in [4.78, 5) is 4.53. The molecule has 0 aliphatic carbocycles. The highest BCUT2D eigenvalue weighted by Crippen LogP contribution is 2.17. The highest BCUT2D eigenvalue weighted by atomic mass is 32.2. The van der Waals surface area contributed by atoms with E-state index in [9.17, 15) is 17.4 Å². The van der Waals surface area contributed by atoms with Crippen LogP contribution in [0, 0.1) is 0 Å². The van der Waals surface area contributed by atoms with Crippen LogP contribution in [0.25, 0.3) is 0 Å². The molecule has 0 aliphatic heterocycles. The zero-order chi connectivity index (χ0) is 15.7. The van der Waals surface area contributed by atoms with Gasteiger partial charge in [0.15, 0.2) is 5.96 Å². The second kappa shape index (κ2) is 8.66. The van der Waals surface area contributed by atoms with Gasteiger partial charge in [-0.15, -0.1) is 0 Å². The third-order valence-corrected chi connectivity index (χ3v) is 3.88. The molecule has 0 aromatic heterocycles. The van der Waals surface area contributed by atoms with Gasteiger partial charge in [-0.05, 0) is 12.1 Å². The third-order valence-electron chi connectivity index (χ3n) is 2.51. The summed E-state index contributed by atoms with van der Waals surface area (Å²) in [6.45, 7) is 0.109. The van der Waals surface area contributed by atoms with Crippen molar-refractivity contribution in [3.05, 3.63) is 30.3 Å². The maximum Gasteiger partial charge on any atom is 0.390 e. The largest absolute Gasteiger partial charge is 0.390 e. The molecule has 0 saturated heterocycles. The maximum atomic E-state index is 12.0. The van der Waals surface area contributed by atoms with E-state index in [0.717, 1.165) is 4.90 Å². The molecule has 0 aliphatic rings. The van der Waals surface area contributed by atoms with Gasteiger partial charge in [0.05, 0.1) is 17.2 Å². The van der Waals surface area contributed by atoms with Crippen LogP contribution in [0.1, 0.15) is 6.42 Å². The van der Waals surface area contributed by atoms with E-state index in [1.165, 1.54) is 7.05 Å². The van der Waals surface area contributed by atoms with E-state index in [4.69, 9.17) is 0 Å². The van der Waals surface area contributed by atoms with Crippen LogP contribution >= 0.6 is 0 Å². The van der Waals surface area contributed by atoms with E-state index in [2.05, 4.69) is 15.6 Å². The predicted molar refractivity (Wildman–Crippen MR) is 77.8 cm³/mol. The average molecular weight is 321 g/mol. The molecular weight excluding hydrogens is 303 g/mol. The molecule has 21 heavy (non-hydrogen) atoms. The number of rotatable bonds is 6. The van der Waals surface area contributed by atoms with Crippen LogP contribution in [0.4, 0.5) is 13.2 Å². The predicted octanol–water partition coefficient (Wildman–Crippen LogP) is 1.91. The molecule has 1 rings (SSSR count). The topological polar surface area (TPSA) is 53.5 Å². The molecule has 0 fully saturated rings. The monoisotopic (exact) mass is 321 g/mol. The number of aliphatic imine (C=N–C) groups is 1. The van der Waals surface area contributed by atoms with Crippen molar-refractivity contribution in [1.29, 1.82) is 0 Å². The van der Waals surface area contributed by atoms with E-state index < -0.39 is 23.4 Å². The summed E-state index contributed by atoms with van der Waals surface area (Å²) < 4.78 is 48.0. The van der Waals surface area contributed by atoms with Crippen molar-refractivity contribution in [3.63, 3.8) is 0 Å². The zero-order valence-corrected chi connectivity index (χ0v) is 12.4. The van der Waals surface area contributed by atoms with Gasteiger partial charge in [0, 0.05) is 30.8 Å². The van der Waals surface area contributed by atoms with Gasteiger partial charge < -0.3 is 10.6 Å². The van der Waals surface area contributed by atoms with Crippen LogP contribution in [-0.2, 0) is 10.8 Å². The van der Waals surface area contributed by atoms with Crippen molar-refractivity contribution in [3.8, 4) is 0 Å². The molecule has 118 valence electrons. The molecule has 1 unspecified atom stereocenters. The Morgan fingerprint density at radius 3 is 2.38 bits per heavy atom. The molecule has 0 radical (unpaired) electrons. The minimum atomic E-state index is -4.19. The van der Waals surface area contributed by atoms with E-state index in [1.54, 1.807) is 24.3 Å². The molecule has 1 aromatic rings. The Bertz CT molecular complexity index is 477. The molecule has 0 saturated carbocycles. The highest BCUT2D eigenvalue weighted by Gasteiger charge is 2.26. The molecule has 1 atom stereocenters. The van der Waals surface area contributed by atoms with Gasteiger partial charge in [0.2, 0.25) is 0 Å². The van der Waals surface area contributed by atoms with E-state index in [-0.39, 0.29) is 12.5 Å². The molecule has 0 bridgehead atoms. The molecule has 1 aromatic carbocycles. The summed E-state index contributed by atoms with van der Waals surface area (Å²) in [6, 6.07) is 8.99. The fourth-order valence-corrected chi connectivity index (χ4v) is 2.48. The van der Waals surface area contributed by atoms with Crippen LogP contribution in [0.5, 0.6) is 0 Å². The van der Waals surface area contributed by atoms with Crippen LogP contribution in [0.15, 0.2) is 40.2 Å². The number of nitrogens with zero attached hydrogens (tertiary/aromatic N) is 1. The van der Waals surface area contributed by atoms with Gasteiger partial charge in [0.25, 0.3) is 0 Å². The van der Waals surface area contributed by atoms with Crippen LogP contribution in [0.2, 0.25) is 0 Å². The van der Waals surface area contributed by atoms with Crippen molar-refractivity contribution < 1.29 is 17.4 Å². The minimum Gasteiger partial charge on any atom is -0.356 e. The van der Waals surface area contributed by atoms with Crippen LogP contribution in [-0.4, -0.2) is 42.2 Å². The Morgan fingerprint density at radius 2 is 1.81 bits per heavy atom. The smallest absolute Gasteiger partial charge is 0.356 e. The first-order valence-electron chi connectivity index (χ1n) is 6.37. The molecule has 0 spiro atoms. The molecule has 0 amide bonds. The normalized spacial score (nSPS) is 13.8. The number of hydrogen-bond acceptors (Lipinski definition) is 2. The summed E-state index contributed by atoms with van der Waals surface area (Å²) >= 11 is 0. The van der Waals surface area contributed by atoms with Gasteiger partial charge in [-0.2, -0.15) is 13.2 Å². The lowest BCUT2D eigenvalue weighted by Gasteiger charge is -2.12. The average Bonchev–Trinajstić information content (AvgIpc) is 2.45. The van der Waals surface area contributed by atoms with Crippen molar-refractivity contribution >= 4 is 16.8 Å². The molecular formula is C13H18F3N3OS. The SMILES string of the molecule is CN=C(NCCS(=O)c1ccccc1)NCCC(F)(F)F. The fourth-order valence-electron chi connectivity index (χ4n) is 1.50. The molecule has 2 N–H and O–H groups in total. The van der Waals surface area contributed by atoms with E-state index in [0.29, 0.717) is 12.3 Å². The zero-order valence-electron chi connectivity index (χ0n) is 11.6. The maximum absolute atomic E-state index is 12.0. The quantitative estimate of drug-likeness (QED) is 0.622. The number of halogens is 3. The summed E-state index contributed by atoms with van der Waals surface area (Å²) in [6.07, 6.45) is -5.12. The standard InChI is InChI=1S/C13H18F3N3OS/c1-17-12(18-8-7-13(14,15)16)19-9-10-21(20)11-5-3-2-4-6-11/h2-6H,7-10H2,1H3,(H2,17,18,19). The van der Waals surface area contributed by atoms with Crippen molar-refractivity contribution in [2.24, 2.45) is 4.99 Å². The Hall–Kier alpha value is -1.57. The minimum absolute atomic E-state index is 0.245. The third kappa shape index (κ3) is 7.69. The van der Waals surface area contributed by atoms with E-state index >= 15 is 0 Å². The Kier molecular flexibility index (Phi) is 7.21. The van der Waals surface area contributed by atoms with Crippen LogP contribution in [0.3, 0.4) is 0 Å². The van der Waals surface area contributed by atoms with Gasteiger partial charge >= 0.3 is 6.18 Å². The Morgan fingerprint density at radius 1 is 1.19 bits per heavy atom. The Balaban J connectivity index is 2.28. The number of alkyl halides is 3. The fraction of sp³-hybridized carbons (Fsp3) is 0.462. The molecule has 8 heteroatoms. The molecule has 0 heterocycles. The number of benzene rings is 1. The summed E-state index contributed by atoms with van der Waals surface area (Å²) in [7, 11) is 0.322. The number of hydrogen-bond donors (Lipinski definition) is 2. The first-order chi connectivity index (χ1) is 9.92. The van der Waals surface area contributed by atoms with Crippen LogP contribution < -0.4 is 10.6 Å². The van der Waals surface area contributed by atoms with Gasteiger partial charge in [0.1, 0.15) is 0 Å². The number of nitrogens with one attached hydrogen (secondary N) is 2. The second-order valence-corrected chi connectivity index (χ2v) is 5.72. The summed E-state index contributed by atoms with van der Waals surface area (Å²) in [5.41, 5.74) is 0. The van der Waals surface area contributed by atoms with Gasteiger partial charge in [-0.3, -0.25) is 9.20 Å². The van der Waals surface area contributed by atoms with Crippen molar-refractivity contribution in [2.45, 2.75) is 17.5 Å².